The molecule has 2 fully saturated rings. The predicted molar refractivity (Wildman–Crippen MR) is 95.7 cm³/mol. The molecule has 0 unspecified atom stereocenters. The number of nitrogens with one attached hydrogen (secondary N) is 1. The fourth-order valence-corrected chi connectivity index (χ4v) is 3.56. The fraction of sp³-hybridized carbons (Fsp3) is 0.368. The summed E-state index contributed by atoms with van der Waals surface area (Å²) in [6.45, 7) is 2.60. The first-order valence-electron chi connectivity index (χ1n) is 8.93. The van der Waals surface area contributed by atoms with E-state index in [2.05, 4.69) is 17.3 Å². The summed E-state index contributed by atoms with van der Waals surface area (Å²) in [5, 5.41) is 16.1. The number of para-hydroxylation sites is 1. The van der Waals surface area contributed by atoms with Crippen LogP contribution in [0.2, 0.25) is 0 Å². The van der Waals surface area contributed by atoms with Crippen molar-refractivity contribution in [3.8, 4) is 5.69 Å². The van der Waals surface area contributed by atoms with Crippen molar-refractivity contribution >= 4 is 17.8 Å². The van der Waals surface area contributed by atoms with Gasteiger partial charge in [-0.2, -0.15) is 5.10 Å². The Morgan fingerprint density at radius 1 is 1.26 bits per heavy atom. The van der Waals surface area contributed by atoms with Crippen molar-refractivity contribution in [1.29, 1.82) is 0 Å². The summed E-state index contributed by atoms with van der Waals surface area (Å²) in [7, 11) is 0. The molecule has 1 aliphatic heterocycles. The maximum Gasteiger partial charge on any atom is 0.356 e. The summed E-state index contributed by atoms with van der Waals surface area (Å²) in [5.41, 5.74) is 0.510. The average Bonchev–Trinajstić information content (AvgIpc) is 3.06. The van der Waals surface area contributed by atoms with Crippen molar-refractivity contribution in [2.24, 2.45) is 5.92 Å². The van der Waals surface area contributed by atoms with E-state index in [0.717, 1.165) is 6.42 Å². The van der Waals surface area contributed by atoms with Crippen molar-refractivity contribution in [3.05, 3.63) is 47.8 Å². The fourth-order valence-electron chi connectivity index (χ4n) is 3.56. The van der Waals surface area contributed by atoms with E-state index in [0.29, 0.717) is 18.2 Å². The van der Waals surface area contributed by atoms with Crippen molar-refractivity contribution in [3.63, 3.8) is 0 Å². The van der Waals surface area contributed by atoms with Crippen molar-refractivity contribution in [1.82, 2.24) is 20.0 Å². The molecule has 0 radical (unpaired) electrons. The zero-order valence-corrected chi connectivity index (χ0v) is 14.8. The number of carboxylic acids is 1. The van der Waals surface area contributed by atoms with Gasteiger partial charge in [-0.15, -0.1) is 0 Å². The lowest BCUT2D eigenvalue weighted by Gasteiger charge is -2.17. The summed E-state index contributed by atoms with van der Waals surface area (Å²) >= 11 is 0. The largest absolute Gasteiger partial charge is 0.476 e. The molecule has 4 rings (SSSR count). The molecule has 2 amide bonds. The number of carbonyl (C=O) groups is 3. The van der Waals surface area contributed by atoms with E-state index in [1.54, 1.807) is 24.3 Å². The van der Waals surface area contributed by atoms with Crippen LogP contribution in [0.4, 0.5) is 0 Å². The van der Waals surface area contributed by atoms with E-state index in [9.17, 15) is 19.5 Å². The van der Waals surface area contributed by atoms with E-state index >= 15 is 0 Å². The third-order valence-electron chi connectivity index (χ3n) is 5.12. The van der Waals surface area contributed by atoms with E-state index in [4.69, 9.17) is 0 Å². The quantitative estimate of drug-likeness (QED) is 0.828. The topological polar surface area (TPSA) is 105 Å². The Kier molecular flexibility index (Phi) is 4.18. The standard InChI is InChI=1S/C19H20N4O4/c1-11-7-15(11)22-10-12(8-17(22)24)20-18(25)16-9-14(19(26)27)21-23(16)13-5-3-2-4-6-13/h2-6,9,11-12,15H,7-8,10H2,1H3,(H,20,25)(H,26,27)/t11-,12+,15+/m1/s1. The number of rotatable bonds is 5. The lowest BCUT2D eigenvalue weighted by Crippen LogP contribution is -2.38. The Balaban J connectivity index is 1.55. The molecule has 140 valence electrons. The number of carboxylic acid groups (broad SMARTS) is 1. The summed E-state index contributed by atoms with van der Waals surface area (Å²) in [6, 6.07) is 10.1. The van der Waals surface area contributed by atoms with Gasteiger partial charge >= 0.3 is 5.97 Å². The number of hydrogen-bond donors (Lipinski definition) is 2. The number of nitrogens with zero attached hydrogens (tertiary/aromatic N) is 3. The Labute approximate surface area is 155 Å². The lowest BCUT2D eigenvalue weighted by atomic mass is 10.2. The summed E-state index contributed by atoms with van der Waals surface area (Å²) < 4.78 is 1.32. The molecular weight excluding hydrogens is 348 g/mol. The van der Waals surface area contributed by atoms with E-state index < -0.39 is 11.9 Å². The Morgan fingerprint density at radius 2 is 1.96 bits per heavy atom. The van der Waals surface area contributed by atoms with Crippen molar-refractivity contribution in [2.75, 3.05) is 6.54 Å². The highest BCUT2D eigenvalue weighted by Crippen LogP contribution is 2.37. The summed E-state index contributed by atoms with van der Waals surface area (Å²) in [4.78, 5) is 38.1. The maximum absolute atomic E-state index is 12.8. The molecule has 0 spiro atoms. The predicted octanol–water partition coefficient (Wildman–Crippen LogP) is 1.31. The Bertz CT molecular complexity index is 908. The zero-order valence-electron chi connectivity index (χ0n) is 14.8. The highest BCUT2D eigenvalue weighted by molar-refractivity contribution is 5.97. The van der Waals surface area contributed by atoms with Gasteiger partial charge in [0.2, 0.25) is 5.91 Å². The number of benzene rings is 1. The molecule has 8 heteroatoms. The molecule has 2 heterocycles. The van der Waals surface area contributed by atoms with Crippen LogP contribution < -0.4 is 5.32 Å². The van der Waals surface area contributed by atoms with Crippen molar-refractivity contribution < 1.29 is 19.5 Å². The monoisotopic (exact) mass is 368 g/mol. The van der Waals surface area contributed by atoms with Crippen LogP contribution in [-0.4, -0.2) is 56.2 Å². The molecule has 8 nitrogen and oxygen atoms in total. The Morgan fingerprint density at radius 3 is 2.59 bits per heavy atom. The molecule has 0 bridgehead atoms. The molecule has 1 saturated carbocycles. The number of aromatic carboxylic acids is 1. The molecule has 3 atom stereocenters. The number of carbonyl (C=O) groups excluding carboxylic acids is 2. The van der Waals surface area contributed by atoms with Crippen LogP contribution in [0.15, 0.2) is 36.4 Å². The van der Waals surface area contributed by atoms with E-state index in [1.165, 1.54) is 10.7 Å². The highest BCUT2D eigenvalue weighted by atomic mass is 16.4. The van der Waals surface area contributed by atoms with Gasteiger partial charge in [0.25, 0.3) is 5.91 Å². The van der Waals surface area contributed by atoms with Gasteiger partial charge in [-0.3, -0.25) is 9.59 Å². The summed E-state index contributed by atoms with van der Waals surface area (Å²) in [5.74, 6) is -1.08. The molecule has 27 heavy (non-hydrogen) atoms. The number of aromatic nitrogens is 2. The molecule has 1 aliphatic carbocycles. The first kappa shape index (κ1) is 17.3. The minimum absolute atomic E-state index is 0.0532. The van der Waals surface area contributed by atoms with Crippen LogP contribution in [0.1, 0.15) is 40.7 Å². The van der Waals surface area contributed by atoms with Crippen LogP contribution in [-0.2, 0) is 4.79 Å². The highest BCUT2D eigenvalue weighted by Gasteiger charge is 2.45. The first-order chi connectivity index (χ1) is 12.9. The normalized spacial score (nSPS) is 24.1. The maximum atomic E-state index is 12.8. The second-order valence-corrected chi connectivity index (χ2v) is 7.17. The van der Waals surface area contributed by atoms with Crippen LogP contribution >= 0.6 is 0 Å². The van der Waals surface area contributed by atoms with Gasteiger partial charge in [0.05, 0.1) is 11.7 Å². The van der Waals surface area contributed by atoms with Crippen molar-refractivity contribution in [2.45, 2.75) is 31.8 Å². The molecule has 1 aromatic heterocycles. The third kappa shape index (κ3) is 3.30. The van der Waals surface area contributed by atoms with Gasteiger partial charge in [-0.05, 0) is 24.5 Å². The van der Waals surface area contributed by atoms with Gasteiger partial charge in [-0.25, -0.2) is 9.48 Å². The van der Waals surface area contributed by atoms with Gasteiger partial charge in [0.15, 0.2) is 5.69 Å². The molecule has 1 saturated heterocycles. The Hall–Kier alpha value is -3.16. The SMILES string of the molecule is C[C@@H]1C[C@@H]1N1C[C@@H](NC(=O)c2cc(C(=O)O)nn2-c2ccccc2)CC1=O. The molecule has 2 aromatic rings. The van der Waals surface area contributed by atoms with Gasteiger partial charge in [0, 0.05) is 25.1 Å². The minimum Gasteiger partial charge on any atom is -0.476 e. The third-order valence-corrected chi connectivity index (χ3v) is 5.12. The molecule has 2 N–H and O–H groups in total. The second-order valence-electron chi connectivity index (χ2n) is 7.17. The van der Waals surface area contributed by atoms with Crippen LogP contribution in [0.3, 0.4) is 0 Å². The first-order valence-corrected chi connectivity index (χ1v) is 8.93. The number of likely N-dealkylation sites (tertiary alicyclic amines) is 1. The minimum atomic E-state index is -1.20. The van der Waals surface area contributed by atoms with Gasteiger partial charge < -0.3 is 15.3 Å². The van der Waals surface area contributed by atoms with Crippen LogP contribution in [0, 0.1) is 5.92 Å². The second kappa shape index (κ2) is 6.53. The van der Waals surface area contributed by atoms with E-state index in [-0.39, 0.29) is 35.8 Å². The smallest absolute Gasteiger partial charge is 0.356 e. The number of amides is 2. The van der Waals surface area contributed by atoms with Gasteiger partial charge in [0.1, 0.15) is 5.69 Å². The average molecular weight is 368 g/mol. The van der Waals surface area contributed by atoms with Crippen LogP contribution in [0.25, 0.3) is 5.69 Å². The van der Waals surface area contributed by atoms with E-state index in [1.807, 2.05) is 11.0 Å². The zero-order chi connectivity index (χ0) is 19.1. The molecule has 2 aliphatic rings. The lowest BCUT2D eigenvalue weighted by molar-refractivity contribution is -0.128. The molecule has 1 aromatic carbocycles. The number of hydrogen-bond acceptors (Lipinski definition) is 4. The van der Waals surface area contributed by atoms with Gasteiger partial charge in [-0.1, -0.05) is 25.1 Å². The summed E-state index contributed by atoms with van der Waals surface area (Å²) in [6.07, 6.45) is 1.27. The molecular formula is C19H20N4O4. The van der Waals surface area contributed by atoms with Crippen LogP contribution in [0.5, 0.6) is 0 Å².